The lowest BCUT2D eigenvalue weighted by Crippen LogP contribution is -2.11. The first-order valence-corrected chi connectivity index (χ1v) is 5.45. The van der Waals surface area contributed by atoms with Gasteiger partial charge in [-0.05, 0) is 24.3 Å². The van der Waals surface area contributed by atoms with Crippen LogP contribution in [-0.4, -0.2) is 16.0 Å². The van der Waals surface area contributed by atoms with Gasteiger partial charge in [0.1, 0.15) is 11.4 Å². The van der Waals surface area contributed by atoms with Crippen LogP contribution in [0.25, 0.3) is 0 Å². The number of halogens is 2. The zero-order chi connectivity index (χ0) is 12.4. The number of aromatic nitrogens is 1. The van der Waals surface area contributed by atoms with Gasteiger partial charge in [0, 0.05) is 11.9 Å². The van der Waals surface area contributed by atoms with E-state index in [9.17, 15) is 9.90 Å². The number of carbonyl (C=O) groups is 1. The van der Waals surface area contributed by atoms with E-state index >= 15 is 0 Å². The van der Waals surface area contributed by atoms with Crippen LogP contribution in [0.1, 0.15) is 10.5 Å². The van der Waals surface area contributed by atoms with E-state index in [0.29, 0.717) is 16.4 Å². The largest absolute Gasteiger partial charge is 0.506 e. The van der Waals surface area contributed by atoms with Crippen LogP contribution in [0.3, 0.4) is 0 Å². The number of aromatic amines is 1. The van der Waals surface area contributed by atoms with Crippen molar-refractivity contribution >= 4 is 34.8 Å². The van der Waals surface area contributed by atoms with Crippen molar-refractivity contribution in [2.45, 2.75) is 0 Å². The van der Waals surface area contributed by atoms with Crippen LogP contribution in [-0.2, 0) is 0 Å². The lowest BCUT2D eigenvalue weighted by atomic mass is 10.3. The average molecular weight is 271 g/mol. The summed E-state index contributed by atoms with van der Waals surface area (Å²) in [5.74, 6) is -0.369. The van der Waals surface area contributed by atoms with Crippen molar-refractivity contribution in [3.8, 4) is 5.75 Å². The molecule has 2 rings (SSSR count). The molecule has 0 aliphatic heterocycles. The summed E-state index contributed by atoms with van der Waals surface area (Å²) in [5.41, 5.74) is 0.836. The molecule has 0 saturated carbocycles. The fourth-order valence-electron chi connectivity index (χ4n) is 1.28. The Labute approximate surface area is 107 Å². The summed E-state index contributed by atoms with van der Waals surface area (Å²) < 4.78 is 0. The molecule has 0 saturated heterocycles. The lowest BCUT2D eigenvalue weighted by Gasteiger charge is -2.04. The van der Waals surface area contributed by atoms with E-state index in [2.05, 4.69) is 10.3 Å². The topological polar surface area (TPSA) is 65.1 Å². The molecule has 17 heavy (non-hydrogen) atoms. The molecule has 1 heterocycles. The van der Waals surface area contributed by atoms with Gasteiger partial charge < -0.3 is 15.4 Å². The van der Waals surface area contributed by atoms with E-state index in [1.54, 1.807) is 6.07 Å². The summed E-state index contributed by atoms with van der Waals surface area (Å²) in [7, 11) is 0. The number of rotatable bonds is 2. The van der Waals surface area contributed by atoms with Crippen LogP contribution in [0.4, 0.5) is 5.69 Å². The molecular weight excluding hydrogens is 263 g/mol. The lowest BCUT2D eigenvalue weighted by molar-refractivity contribution is 0.102. The van der Waals surface area contributed by atoms with Crippen LogP contribution in [0, 0.1) is 0 Å². The van der Waals surface area contributed by atoms with Crippen molar-refractivity contribution in [1.82, 2.24) is 4.98 Å². The van der Waals surface area contributed by atoms with Gasteiger partial charge in [-0.3, -0.25) is 4.79 Å². The Morgan fingerprint density at radius 1 is 1.29 bits per heavy atom. The Balaban J connectivity index is 2.15. The van der Waals surface area contributed by atoms with Crippen molar-refractivity contribution in [1.29, 1.82) is 0 Å². The number of H-pyrrole nitrogens is 1. The van der Waals surface area contributed by atoms with Gasteiger partial charge in [0.2, 0.25) is 0 Å². The zero-order valence-corrected chi connectivity index (χ0v) is 10.0. The summed E-state index contributed by atoms with van der Waals surface area (Å²) in [6, 6.07) is 5.92. The summed E-state index contributed by atoms with van der Waals surface area (Å²) in [4.78, 5) is 14.4. The molecule has 0 aliphatic carbocycles. The number of anilines is 1. The van der Waals surface area contributed by atoms with Crippen molar-refractivity contribution < 1.29 is 9.90 Å². The van der Waals surface area contributed by atoms with E-state index in [1.807, 2.05) is 0 Å². The third-order valence-corrected chi connectivity index (χ3v) is 2.62. The third kappa shape index (κ3) is 2.72. The van der Waals surface area contributed by atoms with Gasteiger partial charge in [-0.15, -0.1) is 0 Å². The first kappa shape index (κ1) is 11.8. The fourth-order valence-corrected chi connectivity index (χ4v) is 1.63. The van der Waals surface area contributed by atoms with Gasteiger partial charge in [0.05, 0.1) is 10.0 Å². The van der Waals surface area contributed by atoms with Crippen LogP contribution < -0.4 is 5.32 Å². The minimum Gasteiger partial charge on any atom is -0.506 e. The Kier molecular flexibility index (Phi) is 3.26. The van der Waals surface area contributed by atoms with Crippen LogP contribution in [0.15, 0.2) is 30.5 Å². The molecule has 0 aliphatic rings. The molecule has 0 fully saturated rings. The Morgan fingerprint density at radius 3 is 2.65 bits per heavy atom. The van der Waals surface area contributed by atoms with Crippen molar-refractivity contribution in [3.05, 3.63) is 46.2 Å². The van der Waals surface area contributed by atoms with E-state index in [4.69, 9.17) is 23.2 Å². The number of phenolic OH excluding ortho intramolecular Hbond substituents is 1. The van der Waals surface area contributed by atoms with E-state index < -0.39 is 0 Å². The van der Waals surface area contributed by atoms with Crippen molar-refractivity contribution in [2.75, 3.05) is 5.32 Å². The summed E-state index contributed by atoms with van der Waals surface area (Å²) >= 11 is 11.4. The highest BCUT2D eigenvalue weighted by Gasteiger charge is 2.09. The summed E-state index contributed by atoms with van der Waals surface area (Å²) in [6.07, 6.45) is 1.51. The number of phenols is 1. The Hall–Kier alpha value is -1.65. The smallest absolute Gasteiger partial charge is 0.272 e. The van der Waals surface area contributed by atoms with Gasteiger partial charge in [-0.2, -0.15) is 0 Å². The number of benzene rings is 1. The normalized spacial score (nSPS) is 10.2. The quantitative estimate of drug-likeness (QED) is 0.734. The molecule has 0 unspecified atom stereocenters. The first-order chi connectivity index (χ1) is 8.06. The molecule has 0 radical (unpaired) electrons. The number of hydrogen-bond acceptors (Lipinski definition) is 2. The second kappa shape index (κ2) is 4.69. The maximum Gasteiger partial charge on any atom is 0.272 e. The van der Waals surface area contributed by atoms with E-state index in [0.717, 1.165) is 0 Å². The molecule has 2 aromatic rings. The third-order valence-electron chi connectivity index (χ3n) is 2.10. The minimum absolute atomic E-state index is 0.0346. The first-order valence-electron chi connectivity index (χ1n) is 4.70. The van der Waals surface area contributed by atoms with Gasteiger partial charge in [0.15, 0.2) is 0 Å². The number of nitrogens with one attached hydrogen (secondary N) is 2. The molecule has 6 heteroatoms. The predicted octanol–water partition coefficient (Wildman–Crippen LogP) is 3.28. The van der Waals surface area contributed by atoms with Crippen molar-refractivity contribution in [2.24, 2.45) is 0 Å². The molecule has 1 amide bonds. The molecule has 0 atom stereocenters. The molecular formula is C11H8Cl2N2O2. The maximum absolute atomic E-state index is 11.7. The molecule has 0 spiro atoms. The monoisotopic (exact) mass is 270 g/mol. The molecule has 0 bridgehead atoms. The van der Waals surface area contributed by atoms with E-state index in [-0.39, 0.29) is 16.7 Å². The Morgan fingerprint density at radius 2 is 2.06 bits per heavy atom. The van der Waals surface area contributed by atoms with Crippen molar-refractivity contribution in [3.63, 3.8) is 0 Å². The number of aromatic hydroxyl groups is 1. The minimum atomic E-state index is -0.335. The number of carbonyl (C=O) groups excluding carboxylic acids is 1. The van der Waals surface area contributed by atoms with Crippen LogP contribution >= 0.6 is 23.2 Å². The van der Waals surface area contributed by atoms with Crippen LogP contribution in [0.2, 0.25) is 10.0 Å². The highest BCUT2D eigenvalue weighted by atomic mass is 35.5. The summed E-state index contributed by atoms with van der Waals surface area (Å²) in [5, 5.41) is 12.5. The number of hydrogen-bond donors (Lipinski definition) is 3. The molecule has 1 aromatic heterocycles. The second-order valence-corrected chi connectivity index (χ2v) is 4.20. The maximum atomic E-state index is 11.7. The van der Waals surface area contributed by atoms with E-state index in [1.165, 1.54) is 24.4 Å². The molecule has 88 valence electrons. The average Bonchev–Trinajstić information content (AvgIpc) is 2.70. The number of amides is 1. The fraction of sp³-hybridized carbons (Fsp3) is 0. The SMILES string of the molecule is O=C(Nc1ccc(O)c(Cl)c1)c1cc(Cl)c[nH]1. The van der Waals surface area contributed by atoms with Gasteiger partial charge in [-0.1, -0.05) is 23.2 Å². The molecule has 1 aromatic carbocycles. The van der Waals surface area contributed by atoms with Crippen LogP contribution in [0.5, 0.6) is 5.75 Å². The van der Waals surface area contributed by atoms with Gasteiger partial charge >= 0.3 is 0 Å². The van der Waals surface area contributed by atoms with Gasteiger partial charge in [0.25, 0.3) is 5.91 Å². The van der Waals surface area contributed by atoms with Gasteiger partial charge in [-0.25, -0.2) is 0 Å². The highest BCUT2D eigenvalue weighted by molar-refractivity contribution is 6.32. The predicted molar refractivity (Wildman–Crippen MR) is 66.9 cm³/mol. The summed E-state index contributed by atoms with van der Waals surface area (Å²) in [6.45, 7) is 0. The zero-order valence-electron chi connectivity index (χ0n) is 8.50. The highest BCUT2D eigenvalue weighted by Crippen LogP contribution is 2.26. The molecule has 4 nitrogen and oxygen atoms in total. The Bertz CT molecular complexity index is 566. The standard InChI is InChI=1S/C11H8Cl2N2O2/c12-6-3-9(14-5-6)11(17)15-7-1-2-10(16)8(13)4-7/h1-5,14,16H,(H,15,17). The second-order valence-electron chi connectivity index (χ2n) is 3.35. The molecule has 3 N–H and O–H groups in total.